The fourth-order valence-electron chi connectivity index (χ4n) is 1.73. The molecule has 0 fully saturated rings. The molecule has 1 aromatic heterocycles. The summed E-state index contributed by atoms with van der Waals surface area (Å²) in [7, 11) is -3.63. The molecule has 21 heavy (non-hydrogen) atoms. The van der Waals surface area contributed by atoms with Gasteiger partial charge in [0, 0.05) is 12.1 Å². The fraction of sp³-hybridized carbons (Fsp3) is 0.143. The Bertz CT molecular complexity index is 739. The van der Waals surface area contributed by atoms with E-state index in [0.717, 1.165) is 11.3 Å². The first kappa shape index (κ1) is 15.4. The van der Waals surface area contributed by atoms with Crippen molar-refractivity contribution in [1.29, 1.82) is 0 Å². The van der Waals surface area contributed by atoms with Crippen LogP contribution in [0.1, 0.15) is 11.3 Å². The summed E-state index contributed by atoms with van der Waals surface area (Å²) in [5.41, 5.74) is 7.57. The van der Waals surface area contributed by atoms with Gasteiger partial charge in [-0.25, -0.2) is 8.42 Å². The minimum Gasteiger partial charge on any atom is -0.393 e. The SMILES string of the molecule is Cc1ccc(NS(=O)(=O)c2ccc(CC(N)=S)cc2)cn1. The Balaban J connectivity index is 2.19. The maximum absolute atomic E-state index is 12.2. The maximum Gasteiger partial charge on any atom is 0.261 e. The van der Waals surface area contributed by atoms with E-state index < -0.39 is 10.0 Å². The fourth-order valence-corrected chi connectivity index (χ4v) is 2.94. The number of pyridine rings is 1. The standard InChI is InChI=1S/C14H15N3O2S2/c1-10-2-5-12(9-16-10)17-21(18,19)13-6-3-11(4-7-13)8-14(15)20/h2-7,9,17H,8H2,1H3,(H2,15,20). The van der Waals surface area contributed by atoms with Crippen molar-refractivity contribution in [3.8, 4) is 0 Å². The van der Waals surface area contributed by atoms with Crippen molar-refractivity contribution >= 4 is 32.9 Å². The molecule has 0 radical (unpaired) electrons. The quantitative estimate of drug-likeness (QED) is 0.823. The molecule has 110 valence electrons. The molecule has 2 aromatic rings. The number of nitrogens with one attached hydrogen (secondary N) is 1. The molecule has 0 saturated heterocycles. The van der Waals surface area contributed by atoms with Crippen molar-refractivity contribution in [1.82, 2.24) is 4.98 Å². The van der Waals surface area contributed by atoms with Crippen LogP contribution in [0.3, 0.4) is 0 Å². The molecule has 5 nitrogen and oxygen atoms in total. The van der Waals surface area contributed by atoms with E-state index in [-0.39, 0.29) is 4.90 Å². The van der Waals surface area contributed by atoms with Gasteiger partial charge in [-0.2, -0.15) is 0 Å². The molecular weight excluding hydrogens is 306 g/mol. The summed E-state index contributed by atoms with van der Waals surface area (Å²) < 4.78 is 26.9. The second-order valence-corrected chi connectivity index (χ2v) is 6.79. The van der Waals surface area contributed by atoms with Gasteiger partial charge in [0.05, 0.1) is 21.8 Å². The lowest BCUT2D eigenvalue weighted by molar-refractivity contribution is 0.601. The van der Waals surface area contributed by atoms with Crippen molar-refractivity contribution in [2.24, 2.45) is 5.73 Å². The number of benzene rings is 1. The number of aromatic nitrogens is 1. The van der Waals surface area contributed by atoms with Crippen molar-refractivity contribution < 1.29 is 8.42 Å². The number of thiocarbonyl (C=S) groups is 1. The molecule has 0 aliphatic heterocycles. The van der Waals surface area contributed by atoms with Crippen LogP contribution in [0.15, 0.2) is 47.5 Å². The molecule has 0 aliphatic carbocycles. The average molecular weight is 321 g/mol. The van der Waals surface area contributed by atoms with E-state index in [1.165, 1.54) is 18.3 Å². The Morgan fingerprint density at radius 1 is 1.24 bits per heavy atom. The second-order valence-electron chi connectivity index (χ2n) is 4.58. The summed E-state index contributed by atoms with van der Waals surface area (Å²) in [6.45, 7) is 1.83. The van der Waals surface area contributed by atoms with Gasteiger partial charge >= 0.3 is 0 Å². The molecule has 0 amide bonds. The number of aryl methyl sites for hydroxylation is 1. The highest BCUT2D eigenvalue weighted by Gasteiger charge is 2.14. The molecule has 0 saturated carbocycles. The molecular formula is C14H15N3O2S2. The highest BCUT2D eigenvalue weighted by atomic mass is 32.2. The van der Waals surface area contributed by atoms with E-state index >= 15 is 0 Å². The van der Waals surface area contributed by atoms with Gasteiger partial charge in [-0.05, 0) is 36.8 Å². The van der Waals surface area contributed by atoms with Gasteiger partial charge in [0.2, 0.25) is 0 Å². The molecule has 1 aromatic carbocycles. The molecule has 0 atom stereocenters. The zero-order valence-corrected chi connectivity index (χ0v) is 13.0. The van der Waals surface area contributed by atoms with Crippen LogP contribution in [0.4, 0.5) is 5.69 Å². The number of sulfonamides is 1. The van der Waals surface area contributed by atoms with Gasteiger partial charge in [0.1, 0.15) is 0 Å². The minimum absolute atomic E-state index is 0.176. The zero-order chi connectivity index (χ0) is 15.5. The summed E-state index contributed by atoms with van der Waals surface area (Å²) in [5.74, 6) is 0. The van der Waals surface area contributed by atoms with Gasteiger partial charge < -0.3 is 5.73 Å². The number of nitrogens with two attached hydrogens (primary N) is 1. The summed E-state index contributed by atoms with van der Waals surface area (Å²) in [6.07, 6.45) is 1.93. The lowest BCUT2D eigenvalue weighted by Crippen LogP contribution is -2.14. The van der Waals surface area contributed by atoms with E-state index in [1.54, 1.807) is 24.3 Å². The highest BCUT2D eigenvalue weighted by Crippen LogP contribution is 2.16. The molecule has 0 spiro atoms. The maximum atomic E-state index is 12.2. The van der Waals surface area contributed by atoms with Crippen LogP contribution in [0, 0.1) is 6.92 Å². The second kappa shape index (κ2) is 6.19. The Kier molecular flexibility index (Phi) is 4.54. The summed E-state index contributed by atoms with van der Waals surface area (Å²) >= 11 is 4.82. The van der Waals surface area contributed by atoms with Crippen LogP contribution < -0.4 is 10.5 Å². The smallest absolute Gasteiger partial charge is 0.261 e. The van der Waals surface area contributed by atoms with Crippen molar-refractivity contribution in [2.75, 3.05) is 4.72 Å². The molecule has 0 aliphatic rings. The van der Waals surface area contributed by atoms with Crippen LogP contribution in [-0.2, 0) is 16.4 Å². The molecule has 7 heteroatoms. The zero-order valence-electron chi connectivity index (χ0n) is 11.4. The monoisotopic (exact) mass is 321 g/mol. The highest BCUT2D eigenvalue weighted by molar-refractivity contribution is 7.92. The van der Waals surface area contributed by atoms with Gasteiger partial charge in [0.25, 0.3) is 10.0 Å². The minimum atomic E-state index is -3.63. The van der Waals surface area contributed by atoms with Crippen LogP contribution in [0.2, 0.25) is 0 Å². The van der Waals surface area contributed by atoms with E-state index in [1.807, 2.05) is 6.92 Å². The molecule has 3 N–H and O–H groups in total. The van der Waals surface area contributed by atoms with Gasteiger partial charge in [-0.3, -0.25) is 9.71 Å². The van der Waals surface area contributed by atoms with Crippen LogP contribution in [-0.4, -0.2) is 18.4 Å². The average Bonchev–Trinajstić information content (AvgIpc) is 2.41. The normalized spacial score (nSPS) is 11.1. The van der Waals surface area contributed by atoms with E-state index in [0.29, 0.717) is 17.1 Å². The molecule has 2 rings (SSSR count). The van der Waals surface area contributed by atoms with Crippen LogP contribution in [0.5, 0.6) is 0 Å². The number of rotatable bonds is 5. The number of hydrogen-bond donors (Lipinski definition) is 2. The lowest BCUT2D eigenvalue weighted by Gasteiger charge is -2.08. The summed E-state index contributed by atoms with van der Waals surface area (Å²) in [5, 5.41) is 0. The lowest BCUT2D eigenvalue weighted by atomic mass is 10.1. The van der Waals surface area contributed by atoms with Gasteiger partial charge in [0.15, 0.2) is 0 Å². The third-order valence-corrected chi connectivity index (χ3v) is 4.32. The first-order chi connectivity index (χ1) is 9.87. The third-order valence-electron chi connectivity index (χ3n) is 2.78. The Hall–Kier alpha value is -1.99. The van der Waals surface area contributed by atoms with E-state index in [2.05, 4.69) is 9.71 Å². The Morgan fingerprint density at radius 2 is 1.90 bits per heavy atom. The largest absolute Gasteiger partial charge is 0.393 e. The van der Waals surface area contributed by atoms with Gasteiger partial charge in [-0.15, -0.1) is 0 Å². The predicted octanol–water partition coefficient (Wildman–Crippen LogP) is 2.02. The van der Waals surface area contributed by atoms with Gasteiger partial charge in [-0.1, -0.05) is 24.4 Å². The van der Waals surface area contributed by atoms with Crippen LogP contribution >= 0.6 is 12.2 Å². The van der Waals surface area contributed by atoms with E-state index in [4.69, 9.17) is 18.0 Å². The number of hydrogen-bond acceptors (Lipinski definition) is 4. The molecule has 1 heterocycles. The van der Waals surface area contributed by atoms with Crippen molar-refractivity contribution in [2.45, 2.75) is 18.2 Å². The summed E-state index contributed by atoms with van der Waals surface area (Å²) in [6, 6.07) is 9.85. The number of anilines is 1. The van der Waals surface area contributed by atoms with Crippen molar-refractivity contribution in [3.63, 3.8) is 0 Å². The van der Waals surface area contributed by atoms with E-state index in [9.17, 15) is 8.42 Å². The third kappa shape index (κ3) is 4.24. The first-order valence-corrected chi connectivity index (χ1v) is 8.09. The predicted molar refractivity (Wildman–Crippen MR) is 86.7 cm³/mol. The Morgan fingerprint density at radius 3 is 2.43 bits per heavy atom. The molecule has 0 bridgehead atoms. The van der Waals surface area contributed by atoms with Crippen molar-refractivity contribution in [3.05, 3.63) is 53.9 Å². The molecule has 0 unspecified atom stereocenters. The number of nitrogens with zero attached hydrogens (tertiary/aromatic N) is 1. The first-order valence-electron chi connectivity index (χ1n) is 6.19. The summed E-state index contributed by atoms with van der Waals surface area (Å²) in [4.78, 5) is 4.59. The Labute approximate surface area is 129 Å². The van der Waals surface area contributed by atoms with Crippen LogP contribution in [0.25, 0.3) is 0 Å². The topological polar surface area (TPSA) is 85.1 Å².